The second kappa shape index (κ2) is 6.11. The van der Waals surface area contributed by atoms with Crippen LogP contribution in [-0.4, -0.2) is 23.9 Å². The minimum absolute atomic E-state index is 0.310. The van der Waals surface area contributed by atoms with Gasteiger partial charge in [-0.3, -0.25) is 0 Å². The SMILES string of the molecule is CCOC(C)(C)CNCc1cc(F)c(O)c(F)c1. The molecule has 0 fully saturated rings. The smallest absolute Gasteiger partial charge is 0.187 e. The summed E-state index contributed by atoms with van der Waals surface area (Å²) < 4.78 is 31.6. The van der Waals surface area contributed by atoms with E-state index in [4.69, 9.17) is 9.84 Å². The van der Waals surface area contributed by atoms with Crippen molar-refractivity contribution in [2.45, 2.75) is 32.9 Å². The Balaban J connectivity index is 2.54. The highest BCUT2D eigenvalue weighted by molar-refractivity contribution is 5.29. The number of hydrogen-bond donors (Lipinski definition) is 2. The van der Waals surface area contributed by atoms with Gasteiger partial charge in [-0.2, -0.15) is 0 Å². The number of benzene rings is 1. The molecule has 102 valence electrons. The molecule has 1 aromatic rings. The summed E-state index contributed by atoms with van der Waals surface area (Å²) in [5.41, 5.74) is 0.109. The highest BCUT2D eigenvalue weighted by Crippen LogP contribution is 2.21. The second-order valence-corrected chi connectivity index (χ2v) is 4.70. The van der Waals surface area contributed by atoms with E-state index in [0.717, 1.165) is 12.1 Å². The zero-order chi connectivity index (χ0) is 13.8. The minimum Gasteiger partial charge on any atom is -0.503 e. The predicted molar refractivity (Wildman–Crippen MR) is 65.4 cm³/mol. The largest absolute Gasteiger partial charge is 0.503 e. The Labute approximate surface area is 106 Å². The number of hydrogen-bond acceptors (Lipinski definition) is 3. The van der Waals surface area contributed by atoms with Crippen molar-refractivity contribution < 1.29 is 18.6 Å². The van der Waals surface area contributed by atoms with Crippen LogP contribution in [-0.2, 0) is 11.3 Å². The lowest BCUT2D eigenvalue weighted by molar-refractivity contribution is -0.00897. The van der Waals surface area contributed by atoms with Gasteiger partial charge in [0.1, 0.15) is 0 Å². The van der Waals surface area contributed by atoms with Gasteiger partial charge >= 0.3 is 0 Å². The predicted octanol–water partition coefficient (Wildman–Crippen LogP) is 2.58. The molecule has 18 heavy (non-hydrogen) atoms. The molecule has 0 aliphatic carbocycles. The lowest BCUT2D eigenvalue weighted by Gasteiger charge is -2.25. The van der Waals surface area contributed by atoms with E-state index < -0.39 is 17.4 Å². The van der Waals surface area contributed by atoms with Crippen LogP contribution in [0.1, 0.15) is 26.3 Å². The molecular weight excluding hydrogens is 240 g/mol. The fourth-order valence-electron chi connectivity index (χ4n) is 1.67. The first-order valence-electron chi connectivity index (χ1n) is 5.87. The quantitative estimate of drug-likeness (QED) is 0.825. The monoisotopic (exact) mass is 259 g/mol. The van der Waals surface area contributed by atoms with E-state index in [1.54, 1.807) is 0 Å². The van der Waals surface area contributed by atoms with Crippen LogP contribution >= 0.6 is 0 Å². The van der Waals surface area contributed by atoms with E-state index in [9.17, 15) is 8.78 Å². The summed E-state index contributed by atoms with van der Waals surface area (Å²) in [5, 5.41) is 12.0. The highest BCUT2D eigenvalue weighted by Gasteiger charge is 2.17. The van der Waals surface area contributed by atoms with Crippen LogP contribution in [0.15, 0.2) is 12.1 Å². The fourth-order valence-corrected chi connectivity index (χ4v) is 1.67. The summed E-state index contributed by atoms with van der Waals surface area (Å²) in [7, 11) is 0. The molecule has 1 aromatic carbocycles. The van der Waals surface area contributed by atoms with Gasteiger partial charge in [-0.15, -0.1) is 0 Å². The third-order valence-electron chi connectivity index (χ3n) is 2.49. The number of phenolic OH excluding ortho intramolecular Hbond substituents is 1. The Hall–Kier alpha value is -1.20. The van der Waals surface area contributed by atoms with Crippen molar-refractivity contribution in [3.05, 3.63) is 29.3 Å². The van der Waals surface area contributed by atoms with Gasteiger partial charge in [0.05, 0.1) is 5.60 Å². The molecule has 0 spiro atoms. The summed E-state index contributed by atoms with van der Waals surface area (Å²) >= 11 is 0. The van der Waals surface area contributed by atoms with Gasteiger partial charge < -0.3 is 15.2 Å². The van der Waals surface area contributed by atoms with Gasteiger partial charge in [-0.25, -0.2) is 8.78 Å². The van der Waals surface area contributed by atoms with Crippen LogP contribution in [0, 0.1) is 11.6 Å². The van der Waals surface area contributed by atoms with Crippen molar-refractivity contribution in [2.75, 3.05) is 13.2 Å². The Kier molecular flexibility index (Phi) is 5.04. The normalized spacial score (nSPS) is 11.8. The molecule has 0 amide bonds. The summed E-state index contributed by atoms with van der Waals surface area (Å²) in [4.78, 5) is 0. The van der Waals surface area contributed by atoms with Crippen molar-refractivity contribution in [3.63, 3.8) is 0 Å². The molecule has 3 nitrogen and oxygen atoms in total. The van der Waals surface area contributed by atoms with E-state index in [-0.39, 0.29) is 5.60 Å². The van der Waals surface area contributed by atoms with Crippen molar-refractivity contribution in [2.24, 2.45) is 0 Å². The van der Waals surface area contributed by atoms with E-state index in [2.05, 4.69) is 5.32 Å². The first-order valence-corrected chi connectivity index (χ1v) is 5.87. The zero-order valence-corrected chi connectivity index (χ0v) is 10.9. The summed E-state index contributed by atoms with van der Waals surface area (Å²) in [6.07, 6.45) is 0. The molecule has 0 radical (unpaired) electrons. The Morgan fingerprint density at radius 1 is 1.28 bits per heavy atom. The Morgan fingerprint density at radius 3 is 2.33 bits per heavy atom. The standard InChI is InChI=1S/C13H19F2NO2/c1-4-18-13(2,3)8-16-7-9-5-10(14)12(17)11(15)6-9/h5-6,16-17H,4,7-8H2,1-3H3. The van der Waals surface area contributed by atoms with E-state index in [1.807, 2.05) is 20.8 Å². The molecule has 2 N–H and O–H groups in total. The van der Waals surface area contributed by atoms with Crippen LogP contribution < -0.4 is 5.32 Å². The molecule has 0 unspecified atom stereocenters. The average molecular weight is 259 g/mol. The van der Waals surface area contributed by atoms with Gasteiger partial charge in [0, 0.05) is 19.7 Å². The maximum absolute atomic E-state index is 13.1. The summed E-state index contributed by atoms with van der Waals surface area (Å²) in [6, 6.07) is 2.22. The van der Waals surface area contributed by atoms with Crippen LogP contribution in [0.5, 0.6) is 5.75 Å². The van der Waals surface area contributed by atoms with Crippen LogP contribution in [0.3, 0.4) is 0 Å². The summed E-state index contributed by atoms with van der Waals surface area (Å²) in [5.74, 6) is -2.83. The molecule has 0 saturated heterocycles. The van der Waals surface area contributed by atoms with Crippen LogP contribution in [0.2, 0.25) is 0 Å². The van der Waals surface area contributed by atoms with Gasteiger partial charge in [-0.05, 0) is 38.5 Å². The number of halogens is 2. The minimum atomic E-state index is -0.948. The lowest BCUT2D eigenvalue weighted by atomic mass is 10.1. The molecule has 0 heterocycles. The maximum atomic E-state index is 13.1. The number of ether oxygens (including phenoxy) is 1. The lowest BCUT2D eigenvalue weighted by Crippen LogP contribution is -2.37. The first-order chi connectivity index (χ1) is 8.35. The average Bonchev–Trinajstić information content (AvgIpc) is 2.25. The number of aromatic hydroxyl groups is 1. The van der Waals surface area contributed by atoms with E-state index in [0.29, 0.717) is 25.3 Å². The van der Waals surface area contributed by atoms with Gasteiger partial charge in [0.25, 0.3) is 0 Å². The number of rotatable bonds is 6. The zero-order valence-electron chi connectivity index (χ0n) is 10.9. The topological polar surface area (TPSA) is 41.5 Å². The van der Waals surface area contributed by atoms with Gasteiger partial charge in [0.15, 0.2) is 17.4 Å². The van der Waals surface area contributed by atoms with Gasteiger partial charge in [0.2, 0.25) is 0 Å². The fraction of sp³-hybridized carbons (Fsp3) is 0.538. The highest BCUT2D eigenvalue weighted by atomic mass is 19.1. The molecule has 0 atom stereocenters. The Morgan fingerprint density at radius 2 is 1.83 bits per heavy atom. The first kappa shape index (κ1) is 14.9. The van der Waals surface area contributed by atoms with Crippen molar-refractivity contribution >= 4 is 0 Å². The molecule has 0 aromatic heterocycles. The van der Waals surface area contributed by atoms with E-state index >= 15 is 0 Å². The molecule has 5 heteroatoms. The number of phenols is 1. The summed E-state index contributed by atoms with van der Waals surface area (Å²) in [6.45, 7) is 7.25. The van der Waals surface area contributed by atoms with Gasteiger partial charge in [-0.1, -0.05) is 0 Å². The van der Waals surface area contributed by atoms with Crippen molar-refractivity contribution in [3.8, 4) is 5.75 Å². The second-order valence-electron chi connectivity index (χ2n) is 4.70. The molecule has 0 aliphatic rings. The third-order valence-corrected chi connectivity index (χ3v) is 2.49. The van der Waals surface area contributed by atoms with Crippen LogP contribution in [0.4, 0.5) is 8.78 Å². The molecule has 0 bridgehead atoms. The van der Waals surface area contributed by atoms with Crippen molar-refractivity contribution in [1.82, 2.24) is 5.32 Å². The molecule has 0 saturated carbocycles. The molecule has 0 aliphatic heterocycles. The molecule has 1 rings (SSSR count). The number of nitrogens with one attached hydrogen (secondary N) is 1. The van der Waals surface area contributed by atoms with Crippen LogP contribution in [0.25, 0.3) is 0 Å². The molecular formula is C13H19F2NO2. The maximum Gasteiger partial charge on any atom is 0.187 e. The van der Waals surface area contributed by atoms with Crippen molar-refractivity contribution in [1.29, 1.82) is 0 Å². The van der Waals surface area contributed by atoms with E-state index in [1.165, 1.54) is 0 Å². The third kappa shape index (κ3) is 4.23. The Bertz CT molecular complexity index is 385.